The first kappa shape index (κ1) is 18.6. The van der Waals surface area contributed by atoms with Gasteiger partial charge < -0.3 is 15.1 Å². The molecule has 0 aliphatic carbocycles. The molecule has 1 rings (SSSR count). The van der Waals surface area contributed by atoms with Gasteiger partial charge >= 0.3 is 0 Å². The van der Waals surface area contributed by atoms with E-state index in [2.05, 4.69) is 28.8 Å². The molecule has 0 radical (unpaired) electrons. The van der Waals surface area contributed by atoms with Gasteiger partial charge in [-0.2, -0.15) is 11.8 Å². The van der Waals surface area contributed by atoms with Crippen LogP contribution in [0, 0.1) is 0 Å². The van der Waals surface area contributed by atoms with Crippen molar-refractivity contribution in [3.8, 4) is 0 Å². The molecule has 2 N–H and O–H groups in total. The maximum absolute atomic E-state index is 5.29. The van der Waals surface area contributed by atoms with Crippen molar-refractivity contribution in [3.05, 3.63) is 24.2 Å². The highest BCUT2D eigenvalue weighted by Gasteiger charge is 1.98. The summed E-state index contributed by atoms with van der Waals surface area (Å²) in [7, 11) is 0. The van der Waals surface area contributed by atoms with Crippen molar-refractivity contribution in [2.45, 2.75) is 19.8 Å². The average Bonchev–Trinajstić information content (AvgIpc) is 2.87. The summed E-state index contributed by atoms with van der Waals surface area (Å²) >= 11 is 1.86. The maximum atomic E-state index is 5.29. The van der Waals surface area contributed by atoms with Crippen LogP contribution in [0.2, 0.25) is 0 Å². The van der Waals surface area contributed by atoms with E-state index in [0.717, 1.165) is 49.9 Å². The van der Waals surface area contributed by atoms with Crippen molar-refractivity contribution in [1.29, 1.82) is 0 Å². The summed E-state index contributed by atoms with van der Waals surface area (Å²) in [6, 6.07) is 3.90. The SMILES string of the molecule is CCNC(=NCCCSC)NCCc1ccco1.I. The van der Waals surface area contributed by atoms with E-state index in [4.69, 9.17) is 4.42 Å². The van der Waals surface area contributed by atoms with Crippen LogP contribution < -0.4 is 10.6 Å². The number of guanidine groups is 1. The summed E-state index contributed by atoms with van der Waals surface area (Å²) in [4.78, 5) is 4.52. The molecule has 0 aromatic carbocycles. The molecule has 0 unspecified atom stereocenters. The largest absolute Gasteiger partial charge is 0.469 e. The van der Waals surface area contributed by atoms with E-state index >= 15 is 0 Å². The number of furan rings is 1. The number of rotatable bonds is 8. The molecule has 0 bridgehead atoms. The highest BCUT2D eigenvalue weighted by atomic mass is 127. The molecule has 19 heavy (non-hydrogen) atoms. The topological polar surface area (TPSA) is 49.6 Å². The van der Waals surface area contributed by atoms with Gasteiger partial charge in [0.15, 0.2) is 5.96 Å². The molecule has 110 valence electrons. The Hall–Kier alpha value is -0.370. The fraction of sp³-hybridized carbons (Fsp3) is 0.615. The fourth-order valence-corrected chi connectivity index (χ4v) is 1.92. The smallest absolute Gasteiger partial charge is 0.191 e. The third kappa shape index (κ3) is 9.21. The summed E-state index contributed by atoms with van der Waals surface area (Å²) in [5, 5.41) is 6.55. The predicted octanol–water partition coefficient (Wildman–Crippen LogP) is 2.75. The van der Waals surface area contributed by atoms with E-state index in [1.807, 2.05) is 23.9 Å². The highest BCUT2D eigenvalue weighted by molar-refractivity contribution is 14.0. The van der Waals surface area contributed by atoms with Gasteiger partial charge in [-0.15, -0.1) is 24.0 Å². The van der Waals surface area contributed by atoms with E-state index in [0.29, 0.717) is 0 Å². The number of aliphatic imine (C=N–C) groups is 1. The van der Waals surface area contributed by atoms with Gasteiger partial charge in [0.1, 0.15) is 5.76 Å². The van der Waals surface area contributed by atoms with Crippen LogP contribution in [0.3, 0.4) is 0 Å². The van der Waals surface area contributed by atoms with Gasteiger partial charge in [0.2, 0.25) is 0 Å². The Morgan fingerprint density at radius 3 is 2.89 bits per heavy atom. The zero-order valence-electron chi connectivity index (χ0n) is 11.6. The normalized spacial score (nSPS) is 10.9. The van der Waals surface area contributed by atoms with Crippen LogP contribution >= 0.6 is 35.7 Å². The van der Waals surface area contributed by atoms with E-state index < -0.39 is 0 Å². The maximum Gasteiger partial charge on any atom is 0.191 e. The van der Waals surface area contributed by atoms with Crippen LogP contribution in [0.4, 0.5) is 0 Å². The average molecular weight is 397 g/mol. The molecule has 0 spiro atoms. The minimum absolute atomic E-state index is 0. The number of thioether (sulfide) groups is 1. The van der Waals surface area contributed by atoms with Gasteiger partial charge in [-0.25, -0.2) is 0 Å². The molecule has 1 heterocycles. The van der Waals surface area contributed by atoms with Gasteiger partial charge in [0, 0.05) is 26.1 Å². The molecule has 0 aliphatic rings. The monoisotopic (exact) mass is 397 g/mol. The van der Waals surface area contributed by atoms with Gasteiger partial charge in [-0.3, -0.25) is 4.99 Å². The summed E-state index contributed by atoms with van der Waals surface area (Å²) in [5.41, 5.74) is 0. The lowest BCUT2D eigenvalue weighted by atomic mass is 10.3. The van der Waals surface area contributed by atoms with Crippen LogP contribution in [0.5, 0.6) is 0 Å². The molecule has 1 aromatic heterocycles. The van der Waals surface area contributed by atoms with Crippen molar-refractivity contribution in [2.24, 2.45) is 4.99 Å². The molecule has 0 atom stereocenters. The zero-order valence-corrected chi connectivity index (χ0v) is 14.8. The molecular formula is C13H24IN3OS. The lowest BCUT2D eigenvalue weighted by molar-refractivity contribution is 0.507. The molecule has 6 heteroatoms. The Bertz CT molecular complexity index is 331. The molecule has 0 saturated carbocycles. The Labute approximate surface area is 137 Å². The lowest BCUT2D eigenvalue weighted by Gasteiger charge is -2.10. The third-order valence-corrected chi connectivity index (χ3v) is 3.06. The fourth-order valence-electron chi connectivity index (χ4n) is 1.50. The van der Waals surface area contributed by atoms with Crippen LogP contribution in [-0.4, -0.2) is 37.6 Å². The quantitative estimate of drug-likeness (QED) is 0.307. The van der Waals surface area contributed by atoms with Crippen LogP contribution in [0.15, 0.2) is 27.8 Å². The third-order valence-electron chi connectivity index (χ3n) is 2.36. The molecule has 0 amide bonds. The van der Waals surface area contributed by atoms with Crippen LogP contribution in [0.25, 0.3) is 0 Å². The summed E-state index contributed by atoms with van der Waals surface area (Å²) in [6.07, 6.45) is 5.83. The Kier molecular flexibility index (Phi) is 12.4. The summed E-state index contributed by atoms with van der Waals surface area (Å²) < 4.78 is 5.29. The number of nitrogens with zero attached hydrogens (tertiary/aromatic N) is 1. The van der Waals surface area contributed by atoms with E-state index in [1.165, 1.54) is 0 Å². The van der Waals surface area contributed by atoms with E-state index in [-0.39, 0.29) is 24.0 Å². The Morgan fingerprint density at radius 2 is 2.26 bits per heavy atom. The van der Waals surface area contributed by atoms with Gasteiger partial charge in [0.05, 0.1) is 6.26 Å². The lowest BCUT2D eigenvalue weighted by Crippen LogP contribution is -2.38. The first-order valence-corrected chi connectivity index (χ1v) is 7.79. The van der Waals surface area contributed by atoms with Crippen LogP contribution in [0.1, 0.15) is 19.1 Å². The van der Waals surface area contributed by atoms with Crippen LogP contribution in [-0.2, 0) is 6.42 Å². The van der Waals surface area contributed by atoms with E-state index in [1.54, 1.807) is 6.26 Å². The number of nitrogens with one attached hydrogen (secondary N) is 2. The molecule has 0 fully saturated rings. The van der Waals surface area contributed by atoms with Crippen molar-refractivity contribution in [3.63, 3.8) is 0 Å². The first-order valence-electron chi connectivity index (χ1n) is 6.40. The zero-order chi connectivity index (χ0) is 13.1. The molecule has 1 aromatic rings. The molecular weight excluding hydrogens is 373 g/mol. The summed E-state index contributed by atoms with van der Waals surface area (Å²) in [5.74, 6) is 3.06. The Balaban J connectivity index is 0.00000324. The van der Waals surface area contributed by atoms with Crippen molar-refractivity contribution in [1.82, 2.24) is 10.6 Å². The predicted molar refractivity (Wildman–Crippen MR) is 94.8 cm³/mol. The summed E-state index contributed by atoms with van der Waals surface area (Å²) in [6.45, 7) is 4.67. The molecule has 0 aliphatic heterocycles. The minimum Gasteiger partial charge on any atom is -0.469 e. The highest BCUT2D eigenvalue weighted by Crippen LogP contribution is 1.99. The number of hydrogen-bond acceptors (Lipinski definition) is 3. The molecule has 0 saturated heterocycles. The standard InChI is InChI=1S/C13H23N3OS.HI/c1-3-14-13(15-8-5-11-18-2)16-9-7-12-6-4-10-17-12;/h4,6,10H,3,5,7-9,11H2,1-2H3,(H2,14,15,16);1H. The second-order valence-corrected chi connectivity index (χ2v) is 4.85. The van der Waals surface area contributed by atoms with Gasteiger partial charge in [-0.05, 0) is 37.5 Å². The number of hydrogen-bond donors (Lipinski definition) is 2. The van der Waals surface area contributed by atoms with Gasteiger partial charge in [0.25, 0.3) is 0 Å². The minimum atomic E-state index is 0. The molecule has 4 nitrogen and oxygen atoms in total. The second-order valence-electron chi connectivity index (χ2n) is 3.86. The van der Waals surface area contributed by atoms with Crippen molar-refractivity contribution in [2.75, 3.05) is 31.6 Å². The van der Waals surface area contributed by atoms with Gasteiger partial charge in [-0.1, -0.05) is 0 Å². The van der Waals surface area contributed by atoms with Crippen molar-refractivity contribution < 1.29 is 4.42 Å². The first-order chi connectivity index (χ1) is 8.86. The Morgan fingerprint density at radius 1 is 1.42 bits per heavy atom. The van der Waals surface area contributed by atoms with Crippen molar-refractivity contribution >= 4 is 41.7 Å². The van der Waals surface area contributed by atoms with E-state index in [9.17, 15) is 0 Å². The second kappa shape index (κ2) is 12.7. The number of halogens is 1.